The highest BCUT2D eigenvalue weighted by Crippen LogP contribution is 2.31. The van der Waals surface area contributed by atoms with Gasteiger partial charge >= 0.3 is 0 Å². The van der Waals surface area contributed by atoms with Crippen LogP contribution in [0, 0.1) is 11.3 Å². The van der Waals surface area contributed by atoms with Crippen molar-refractivity contribution < 1.29 is 9.47 Å². The predicted octanol–water partition coefficient (Wildman–Crippen LogP) is 2.54. The minimum absolute atomic E-state index is 0.0615. The number of nitrogens with zero attached hydrogens (tertiary/aromatic N) is 3. The number of rotatable bonds is 5. The van der Waals surface area contributed by atoms with E-state index in [1.54, 1.807) is 20.3 Å². The lowest BCUT2D eigenvalue weighted by Gasteiger charge is -2.17. The van der Waals surface area contributed by atoms with Crippen LogP contribution in [0.5, 0.6) is 11.5 Å². The maximum atomic E-state index is 9.06. The van der Waals surface area contributed by atoms with Crippen molar-refractivity contribution in [2.45, 2.75) is 13.0 Å². The third kappa shape index (κ3) is 3.20. The highest BCUT2D eigenvalue weighted by molar-refractivity contribution is 5.52. The summed E-state index contributed by atoms with van der Waals surface area (Å²) in [5.74, 6) is 1.79. The van der Waals surface area contributed by atoms with Gasteiger partial charge in [-0.25, -0.2) is 0 Å². The Morgan fingerprint density at radius 2 is 1.95 bits per heavy atom. The predicted molar refractivity (Wildman–Crippen MR) is 78.3 cm³/mol. The first-order valence-electron chi connectivity index (χ1n) is 6.39. The van der Waals surface area contributed by atoms with E-state index in [0.29, 0.717) is 22.9 Å². The van der Waals surface area contributed by atoms with Gasteiger partial charge in [-0.05, 0) is 30.7 Å². The number of benzene rings is 1. The zero-order valence-corrected chi connectivity index (χ0v) is 12.1. The quantitative estimate of drug-likeness (QED) is 0.908. The Labute approximate surface area is 123 Å². The van der Waals surface area contributed by atoms with Crippen LogP contribution < -0.4 is 14.8 Å². The smallest absolute Gasteiger partial charge is 0.167 e. The molecule has 0 amide bonds. The summed E-state index contributed by atoms with van der Waals surface area (Å²) in [4.78, 5) is 0. The van der Waals surface area contributed by atoms with Gasteiger partial charge in [-0.1, -0.05) is 6.07 Å². The van der Waals surface area contributed by atoms with Crippen molar-refractivity contribution in [1.29, 1.82) is 5.26 Å². The highest BCUT2D eigenvalue weighted by Gasteiger charge is 2.12. The number of anilines is 1. The second kappa shape index (κ2) is 6.57. The number of hydrogen-bond acceptors (Lipinski definition) is 6. The Balaban J connectivity index is 2.24. The van der Waals surface area contributed by atoms with Crippen LogP contribution in [0.15, 0.2) is 30.5 Å². The van der Waals surface area contributed by atoms with E-state index in [9.17, 15) is 0 Å². The van der Waals surface area contributed by atoms with Gasteiger partial charge in [0.15, 0.2) is 17.3 Å². The zero-order valence-electron chi connectivity index (χ0n) is 12.1. The molecule has 1 N–H and O–H groups in total. The van der Waals surface area contributed by atoms with E-state index in [0.717, 1.165) is 5.56 Å². The van der Waals surface area contributed by atoms with Crippen LogP contribution in [-0.4, -0.2) is 24.4 Å². The van der Waals surface area contributed by atoms with Crippen molar-refractivity contribution in [3.05, 3.63) is 41.6 Å². The van der Waals surface area contributed by atoms with Crippen molar-refractivity contribution in [1.82, 2.24) is 10.2 Å². The number of hydrogen-bond donors (Lipinski definition) is 1. The van der Waals surface area contributed by atoms with Crippen LogP contribution in [-0.2, 0) is 0 Å². The van der Waals surface area contributed by atoms with Crippen LogP contribution in [0.2, 0.25) is 0 Å². The summed E-state index contributed by atoms with van der Waals surface area (Å²) in [6.45, 7) is 1.97. The Morgan fingerprint density at radius 3 is 2.62 bits per heavy atom. The van der Waals surface area contributed by atoms with Crippen LogP contribution >= 0.6 is 0 Å². The molecule has 108 valence electrons. The first-order chi connectivity index (χ1) is 10.2. The molecule has 0 aliphatic rings. The molecule has 1 aromatic carbocycles. The molecule has 6 nitrogen and oxygen atoms in total. The van der Waals surface area contributed by atoms with Gasteiger partial charge < -0.3 is 14.8 Å². The van der Waals surface area contributed by atoms with E-state index < -0.39 is 0 Å². The van der Waals surface area contributed by atoms with Gasteiger partial charge in [0.2, 0.25) is 0 Å². The summed E-state index contributed by atoms with van der Waals surface area (Å²) in [6.07, 6.45) is 1.49. The van der Waals surface area contributed by atoms with Crippen molar-refractivity contribution in [2.75, 3.05) is 19.5 Å². The first-order valence-corrected chi connectivity index (χ1v) is 6.39. The first kappa shape index (κ1) is 14.6. The molecule has 1 heterocycles. The maximum Gasteiger partial charge on any atom is 0.167 e. The van der Waals surface area contributed by atoms with Crippen LogP contribution in [0.25, 0.3) is 0 Å². The molecule has 0 radical (unpaired) electrons. The Kier molecular flexibility index (Phi) is 4.57. The van der Waals surface area contributed by atoms with Gasteiger partial charge in [0.05, 0.1) is 32.0 Å². The summed E-state index contributed by atoms with van der Waals surface area (Å²) in [5.41, 5.74) is 1.44. The molecule has 21 heavy (non-hydrogen) atoms. The SMILES string of the molecule is COc1ccc(C(C)Nc2nnccc2C#N)cc1OC. The zero-order chi connectivity index (χ0) is 15.2. The van der Waals surface area contributed by atoms with Gasteiger partial charge in [-0.3, -0.25) is 0 Å². The third-order valence-electron chi connectivity index (χ3n) is 3.10. The Hall–Kier alpha value is -2.81. The molecule has 1 unspecified atom stereocenters. The summed E-state index contributed by atoms with van der Waals surface area (Å²) in [7, 11) is 3.19. The number of aromatic nitrogens is 2. The van der Waals surface area contributed by atoms with Crippen molar-refractivity contribution in [2.24, 2.45) is 0 Å². The molecule has 6 heteroatoms. The molecule has 0 saturated heterocycles. The topological polar surface area (TPSA) is 80.1 Å². The Bertz CT molecular complexity index is 667. The minimum Gasteiger partial charge on any atom is -0.493 e. The number of nitriles is 1. The highest BCUT2D eigenvalue weighted by atomic mass is 16.5. The molecule has 2 rings (SSSR count). The summed E-state index contributed by atoms with van der Waals surface area (Å²) >= 11 is 0. The molecule has 1 atom stereocenters. The fraction of sp³-hybridized carbons (Fsp3) is 0.267. The lowest BCUT2D eigenvalue weighted by Crippen LogP contribution is -2.10. The van der Waals surface area contributed by atoms with E-state index in [2.05, 4.69) is 21.6 Å². The second-order valence-corrected chi connectivity index (χ2v) is 4.39. The van der Waals surface area contributed by atoms with Crippen LogP contribution in [0.1, 0.15) is 24.1 Å². The lowest BCUT2D eigenvalue weighted by atomic mass is 10.1. The van der Waals surface area contributed by atoms with Gasteiger partial charge in [0.1, 0.15) is 6.07 Å². The van der Waals surface area contributed by atoms with E-state index in [-0.39, 0.29) is 6.04 Å². The van der Waals surface area contributed by atoms with Gasteiger partial charge in [-0.2, -0.15) is 10.4 Å². The van der Waals surface area contributed by atoms with Gasteiger partial charge in [-0.15, -0.1) is 5.10 Å². The molecule has 0 aliphatic carbocycles. The standard InChI is InChI=1S/C15H16N4O2/c1-10(18-15-12(9-16)6-7-17-19-15)11-4-5-13(20-2)14(8-11)21-3/h4-8,10H,1-3H3,(H,18,19). The van der Waals surface area contributed by atoms with Crippen molar-refractivity contribution in [3.8, 4) is 17.6 Å². The third-order valence-corrected chi connectivity index (χ3v) is 3.10. The average Bonchev–Trinajstić information content (AvgIpc) is 2.54. The monoisotopic (exact) mass is 284 g/mol. The molecule has 0 aliphatic heterocycles. The average molecular weight is 284 g/mol. The van der Waals surface area contributed by atoms with Crippen molar-refractivity contribution in [3.63, 3.8) is 0 Å². The fourth-order valence-corrected chi connectivity index (χ4v) is 1.94. The molecule has 1 aromatic heterocycles. The fourth-order valence-electron chi connectivity index (χ4n) is 1.94. The van der Waals surface area contributed by atoms with Crippen LogP contribution in [0.3, 0.4) is 0 Å². The Morgan fingerprint density at radius 1 is 1.19 bits per heavy atom. The summed E-state index contributed by atoms with van der Waals surface area (Å²) < 4.78 is 10.5. The minimum atomic E-state index is -0.0615. The molecule has 2 aromatic rings. The molecule has 0 fully saturated rings. The van der Waals surface area contributed by atoms with E-state index in [4.69, 9.17) is 14.7 Å². The van der Waals surface area contributed by atoms with Crippen LogP contribution in [0.4, 0.5) is 5.82 Å². The van der Waals surface area contributed by atoms with E-state index in [1.165, 1.54) is 6.20 Å². The molecule has 0 spiro atoms. The normalized spacial score (nSPS) is 11.3. The van der Waals surface area contributed by atoms with Crippen molar-refractivity contribution >= 4 is 5.82 Å². The largest absolute Gasteiger partial charge is 0.493 e. The summed E-state index contributed by atoms with van der Waals surface area (Å²) in [6, 6.07) is 9.30. The molecular weight excluding hydrogens is 268 g/mol. The van der Waals surface area contributed by atoms with Gasteiger partial charge in [0.25, 0.3) is 0 Å². The molecule has 0 saturated carbocycles. The number of nitrogens with one attached hydrogen (secondary N) is 1. The summed E-state index contributed by atoms with van der Waals surface area (Å²) in [5, 5.41) is 20.0. The number of ether oxygens (including phenoxy) is 2. The lowest BCUT2D eigenvalue weighted by molar-refractivity contribution is 0.354. The van der Waals surface area contributed by atoms with E-state index in [1.807, 2.05) is 25.1 Å². The van der Waals surface area contributed by atoms with E-state index >= 15 is 0 Å². The van der Waals surface area contributed by atoms with Gasteiger partial charge in [0, 0.05) is 0 Å². The second-order valence-electron chi connectivity index (χ2n) is 4.39. The number of methoxy groups -OCH3 is 2. The molecule has 0 bridgehead atoms. The maximum absolute atomic E-state index is 9.06. The molecular formula is C15H16N4O2.